The summed E-state index contributed by atoms with van der Waals surface area (Å²) in [6.07, 6.45) is -1.09. The molecule has 0 spiro atoms. The van der Waals surface area contributed by atoms with Gasteiger partial charge in [0.1, 0.15) is 24.1 Å². The molecule has 0 fully saturated rings. The van der Waals surface area contributed by atoms with E-state index < -0.39 is 40.8 Å². The molecule has 4 rings (SSSR count). The minimum atomic E-state index is -1.09. The molecule has 0 aliphatic carbocycles. The molecule has 1 aliphatic heterocycles. The molecule has 0 saturated heterocycles. The number of aliphatic hydroxyl groups is 2. The number of nitrogens with zero attached hydrogens (tertiary/aromatic N) is 2. The summed E-state index contributed by atoms with van der Waals surface area (Å²) in [5.41, 5.74) is 0.673. The topological polar surface area (TPSA) is 131 Å². The number of carbonyl (C=O) groups excluding carboxylic acids is 2. The number of halogens is 3. The molecule has 3 aromatic rings. The van der Waals surface area contributed by atoms with Gasteiger partial charge in [0.2, 0.25) is 5.91 Å². The Morgan fingerprint density at radius 3 is 2.76 bits per heavy atom. The van der Waals surface area contributed by atoms with Crippen LogP contribution in [-0.4, -0.2) is 38.8 Å². The van der Waals surface area contributed by atoms with E-state index in [-0.39, 0.29) is 65.1 Å². The van der Waals surface area contributed by atoms with Gasteiger partial charge in [-0.15, -0.1) is 0 Å². The lowest BCUT2D eigenvalue weighted by atomic mass is 9.99. The van der Waals surface area contributed by atoms with Gasteiger partial charge in [-0.25, -0.2) is 13.8 Å². The normalized spacial score (nSPS) is 12.9. The van der Waals surface area contributed by atoms with Gasteiger partial charge in [0, 0.05) is 23.6 Å². The van der Waals surface area contributed by atoms with Crippen molar-refractivity contribution in [1.82, 2.24) is 14.9 Å². The van der Waals surface area contributed by atoms with Crippen LogP contribution in [0.15, 0.2) is 16.9 Å². The SMILES string of the molecule is CC(O)c1cc2n(c(=O)c1COC=O)Cc1c-2nc2cc(F)c(Cl)c(F)c2c1CNC(=O)CO. The highest BCUT2D eigenvalue weighted by molar-refractivity contribution is 6.31. The number of ether oxygens (including phenoxy) is 1. The van der Waals surface area contributed by atoms with Crippen LogP contribution >= 0.6 is 11.6 Å². The highest BCUT2D eigenvalue weighted by atomic mass is 35.5. The Bertz CT molecular complexity index is 1410. The Morgan fingerprint density at radius 1 is 1.38 bits per heavy atom. The molecule has 2 aromatic heterocycles. The molecule has 34 heavy (non-hydrogen) atoms. The van der Waals surface area contributed by atoms with Crippen molar-refractivity contribution in [3.63, 3.8) is 0 Å². The maximum Gasteiger partial charge on any atom is 0.293 e. The van der Waals surface area contributed by atoms with Crippen LogP contribution < -0.4 is 10.9 Å². The van der Waals surface area contributed by atoms with Crippen molar-refractivity contribution in [1.29, 1.82) is 0 Å². The molecule has 3 heterocycles. The number of benzene rings is 1. The molecule has 1 aliphatic rings. The third kappa shape index (κ3) is 3.81. The van der Waals surface area contributed by atoms with E-state index in [0.717, 1.165) is 6.07 Å². The van der Waals surface area contributed by atoms with Crippen molar-refractivity contribution in [2.45, 2.75) is 32.7 Å². The van der Waals surface area contributed by atoms with Gasteiger partial charge >= 0.3 is 0 Å². The minimum absolute atomic E-state index is 0.0543. The van der Waals surface area contributed by atoms with E-state index in [2.05, 4.69) is 10.3 Å². The largest absolute Gasteiger partial charge is 0.463 e. The first-order chi connectivity index (χ1) is 16.2. The summed E-state index contributed by atoms with van der Waals surface area (Å²) in [7, 11) is 0. The Morgan fingerprint density at radius 2 is 2.12 bits per heavy atom. The number of aliphatic hydroxyl groups excluding tert-OH is 2. The van der Waals surface area contributed by atoms with Crippen molar-refractivity contribution < 1.29 is 33.3 Å². The Kier molecular flexibility index (Phi) is 6.34. The predicted octanol–water partition coefficient (Wildman–Crippen LogP) is 1.69. The summed E-state index contributed by atoms with van der Waals surface area (Å²) < 4.78 is 35.3. The van der Waals surface area contributed by atoms with Gasteiger partial charge < -0.3 is 24.8 Å². The molecule has 1 atom stereocenters. The summed E-state index contributed by atoms with van der Waals surface area (Å²) in [4.78, 5) is 39.9. The maximum absolute atomic E-state index is 15.1. The smallest absolute Gasteiger partial charge is 0.293 e. The fourth-order valence-electron chi connectivity index (χ4n) is 4.11. The zero-order chi connectivity index (χ0) is 24.7. The third-order valence-corrected chi connectivity index (χ3v) is 6.02. The first kappa shape index (κ1) is 23.7. The monoisotopic (exact) mass is 493 g/mol. The molecule has 3 N–H and O–H groups in total. The molecule has 1 aromatic carbocycles. The standard InChI is InChI=1S/C22H18ClF2N3O6/c1-9(31)10-2-16-21-12(5-28(16)22(33)13(10)7-34-8-30)11(4-26-17(32)6-29)18-15(27-21)3-14(24)19(23)20(18)25/h2-3,8-9,29,31H,4-7H2,1H3,(H,26,32). The van der Waals surface area contributed by atoms with Crippen molar-refractivity contribution in [3.8, 4) is 11.4 Å². The van der Waals surface area contributed by atoms with Crippen molar-refractivity contribution >= 4 is 34.9 Å². The summed E-state index contributed by atoms with van der Waals surface area (Å²) in [6, 6.07) is 2.44. The summed E-state index contributed by atoms with van der Waals surface area (Å²) in [5.74, 6) is -2.84. The van der Waals surface area contributed by atoms with E-state index in [1.807, 2.05) is 0 Å². The minimum Gasteiger partial charge on any atom is -0.463 e. The lowest BCUT2D eigenvalue weighted by Crippen LogP contribution is -2.27. The van der Waals surface area contributed by atoms with E-state index in [4.69, 9.17) is 21.4 Å². The molecule has 1 amide bonds. The van der Waals surface area contributed by atoms with E-state index in [9.17, 15) is 23.9 Å². The second-order valence-corrected chi connectivity index (χ2v) is 8.05. The highest BCUT2D eigenvalue weighted by Gasteiger charge is 2.31. The fourth-order valence-corrected chi connectivity index (χ4v) is 4.26. The van der Waals surface area contributed by atoms with Gasteiger partial charge in [-0.2, -0.15) is 0 Å². The Balaban J connectivity index is 2.01. The molecule has 1 unspecified atom stereocenters. The van der Waals surface area contributed by atoms with Gasteiger partial charge in [0.25, 0.3) is 12.0 Å². The molecular formula is C22H18ClF2N3O6. The number of fused-ring (bicyclic) bond motifs is 4. The van der Waals surface area contributed by atoms with Crippen LogP contribution in [0.4, 0.5) is 8.78 Å². The predicted molar refractivity (Wildman–Crippen MR) is 116 cm³/mol. The number of nitrogens with one attached hydrogen (secondary N) is 1. The first-order valence-electron chi connectivity index (χ1n) is 10.1. The number of pyridine rings is 2. The van der Waals surface area contributed by atoms with Gasteiger partial charge in [0.15, 0.2) is 5.82 Å². The quantitative estimate of drug-likeness (QED) is 0.264. The molecular weight excluding hydrogens is 476 g/mol. The third-order valence-electron chi connectivity index (χ3n) is 5.67. The number of hydrogen-bond donors (Lipinski definition) is 3. The summed E-state index contributed by atoms with van der Waals surface area (Å²) in [5, 5.41) is 20.8. The lowest BCUT2D eigenvalue weighted by molar-refractivity contribution is -0.130. The number of carbonyl (C=O) groups is 2. The molecule has 0 saturated carbocycles. The zero-order valence-electron chi connectivity index (χ0n) is 17.7. The van der Waals surface area contributed by atoms with Crippen LogP contribution in [0.25, 0.3) is 22.3 Å². The maximum atomic E-state index is 15.1. The number of amides is 1. The van der Waals surface area contributed by atoms with E-state index >= 15 is 4.39 Å². The fraction of sp³-hybridized carbons (Fsp3) is 0.273. The van der Waals surface area contributed by atoms with Gasteiger partial charge in [0.05, 0.1) is 35.1 Å². The Hall–Kier alpha value is -3.41. The molecule has 0 radical (unpaired) electrons. The number of hydrogen-bond acceptors (Lipinski definition) is 7. The Labute approximate surface area is 195 Å². The molecule has 12 heteroatoms. The molecule has 0 bridgehead atoms. The second-order valence-electron chi connectivity index (χ2n) is 7.67. The average Bonchev–Trinajstić information content (AvgIpc) is 3.18. The second kappa shape index (κ2) is 9.09. The van der Waals surface area contributed by atoms with E-state index in [1.165, 1.54) is 17.6 Å². The van der Waals surface area contributed by atoms with E-state index in [1.54, 1.807) is 0 Å². The van der Waals surface area contributed by atoms with Crippen LogP contribution in [0.3, 0.4) is 0 Å². The van der Waals surface area contributed by atoms with E-state index in [0.29, 0.717) is 5.56 Å². The zero-order valence-corrected chi connectivity index (χ0v) is 18.4. The average molecular weight is 494 g/mol. The van der Waals surface area contributed by atoms with Crippen molar-refractivity contribution in [2.24, 2.45) is 0 Å². The summed E-state index contributed by atoms with van der Waals surface area (Å²) >= 11 is 5.78. The van der Waals surface area contributed by atoms with Crippen molar-refractivity contribution in [3.05, 3.63) is 61.4 Å². The van der Waals surface area contributed by atoms with Gasteiger partial charge in [-0.05, 0) is 24.1 Å². The number of rotatable bonds is 7. The van der Waals surface area contributed by atoms with Crippen LogP contribution in [0.1, 0.15) is 35.3 Å². The van der Waals surface area contributed by atoms with Gasteiger partial charge in [-0.3, -0.25) is 14.4 Å². The van der Waals surface area contributed by atoms with Crippen molar-refractivity contribution in [2.75, 3.05) is 6.61 Å². The van der Waals surface area contributed by atoms with Crippen LogP contribution in [0, 0.1) is 11.6 Å². The van der Waals surface area contributed by atoms with Gasteiger partial charge in [-0.1, -0.05) is 11.6 Å². The molecule has 178 valence electrons. The lowest BCUT2D eigenvalue weighted by Gasteiger charge is -2.15. The molecule has 9 nitrogen and oxygen atoms in total. The summed E-state index contributed by atoms with van der Waals surface area (Å²) in [6.45, 7) is 0.0912. The van der Waals surface area contributed by atoms with Crippen LogP contribution in [0.5, 0.6) is 0 Å². The first-order valence-corrected chi connectivity index (χ1v) is 10.4. The number of aromatic nitrogens is 2. The van der Waals surface area contributed by atoms with Crippen LogP contribution in [0.2, 0.25) is 5.02 Å². The van der Waals surface area contributed by atoms with Crippen LogP contribution in [-0.2, 0) is 34.0 Å². The highest BCUT2D eigenvalue weighted by Crippen LogP contribution is 2.39.